The number of hydrogen-bond acceptors (Lipinski definition) is 2. The van der Waals surface area contributed by atoms with Crippen molar-refractivity contribution in [1.29, 1.82) is 0 Å². The molecule has 0 atom stereocenters. The van der Waals surface area contributed by atoms with E-state index in [0.717, 1.165) is 5.69 Å². The maximum atomic E-state index is 9.44. The third-order valence-electron chi connectivity index (χ3n) is 1.53. The molecule has 0 aromatic heterocycles. The van der Waals surface area contributed by atoms with E-state index in [1.807, 2.05) is 18.2 Å². The maximum absolute atomic E-state index is 9.44. The van der Waals surface area contributed by atoms with Crippen LogP contribution in [0.3, 0.4) is 0 Å². The second kappa shape index (κ2) is 5.36. The highest BCUT2D eigenvalue weighted by Crippen LogP contribution is 2.09. The number of carbonyl (C=O) groups excluding carboxylic acids is 1. The molecule has 1 aromatic carbocycles. The Kier molecular flexibility index (Phi) is 4.82. The van der Waals surface area contributed by atoms with E-state index in [1.165, 1.54) is 25.0 Å². The number of benzene rings is 1. The van der Waals surface area contributed by atoms with Gasteiger partial charge in [0.15, 0.2) is 0 Å². The lowest BCUT2D eigenvalue weighted by atomic mass is 10.1. The van der Waals surface area contributed by atoms with Crippen molar-refractivity contribution in [2.45, 2.75) is 27.7 Å². The second-order valence-electron chi connectivity index (χ2n) is 3.25. The first kappa shape index (κ1) is 11.7. The van der Waals surface area contributed by atoms with Crippen molar-refractivity contribution in [3.05, 3.63) is 29.3 Å². The van der Waals surface area contributed by atoms with Crippen LogP contribution in [0.25, 0.3) is 0 Å². The van der Waals surface area contributed by atoms with E-state index in [-0.39, 0.29) is 5.78 Å². The number of Topliss-reactive ketones (excluding diaryl/α,β-unsaturated/α-hetero) is 1. The van der Waals surface area contributed by atoms with Crippen molar-refractivity contribution >= 4 is 11.5 Å². The summed E-state index contributed by atoms with van der Waals surface area (Å²) in [4.78, 5) is 9.44. The van der Waals surface area contributed by atoms with Gasteiger partial charge in [0, 0.05) is 5.69 Å². The zero-order chi connectivity index (χ0) is 10.4. The van der Waals surface area contributed by atoms with Crippen LogP contribution >= 0.6 is 0 Å². The van der Waals surface area contributed by atoms with Crippen LogP contribution in [-0.2, 0) is 4.79 Å². The number of anilines is 1. The van der Waals surface area contributed by atoms with E-state index in [4.69, 9.17) is 5.73 Å². The summed E-state index contributed by atoms with van der Waals surface area (Å²) in [7, 11) is 0. The van der Waals surface area contributed by atoms with E-state index < -0.39 is 0 Å². The van der Waals surface area contributed by atoms with Crippen molar-refractivity contribution in [1.82, 2.24) is 0 Å². The van der Waals surface area contributed by atoms with Gasteiger partial charge in [0.2, 0.25) is 0 Å². The fraction of sp³-hybridized carbons (Fsp3) is 0.364. The molecule has 0 aliphatic heterocycles. The van der Waals surface area contributed by atoms with E-state index in [9.17, 15) is 4.79 Å². The third kappa shape index (κ3) is 5.91. The quantitative estimate of drug-likeness (QED) is 0.622. The van der Waals surface area contributed by atoms with Crippen molar-refractivity contribution < 1.29 is 4.79 Å². The molecule has 2 N–H and O–H groups in total. The fourth-order valence-electron chi connectivity index (χ4n) is 0.765. The van der Waals surface area contributed by atoms with Gasteiger partial charge in [-0.2, -0.15) is 0 Å². The Bertz CT molecular complexity index is 288. The van der Waals surface area contributed by atoms with Crippen LogP contribution in [0.1, 0.15) is 25.0 Å². The topological polar surface area (TPSA) is 43.1 Å². The monoisotopic (exact) mass is 179 g/mol. The van der Waals surface area contributed by atoms with Crippen LogP contribution in [0, 0.1) is 13.8 Å². The van der Waals surface area contributed by atoms with Crippen LogP contribution in [0.5, 0.6) is 0 Å². The summed E-state index contributed by atoms with van der Waals surface area (Å²) in [5, 5.41) is 0. The summed E-state index contributed by atoms with van der Waals surface area (Å²) in [6.07, 6.45) is 0. The smallest absolute Gasteiger partial charge is 0.126 e. The Morgan fingerprint density at radius 1 is 1.15 bits per heavy atom. The SMILES string of the molecule is CC(C)=O.Cc1ccc(N)cc1C. The zero-order valence-corrected chi connectivity index (χ0v) is 8.72. The Balaban J connectivity index is 0.000000310. The molecule has 0 aliphatic carbocycles. The molecule has 72 valence electrons. The number of ketones is 1. The summed E-state index contributed by atoms with van der Waals surface area (Å²) in [5.74, 6) is 0.167. The van der Waals surface area contributed by atoms with Crippen LogP contribution in [0.2, 0.25) is 0 Å². The molecule has 0 unspecified atom stereocenters. The second-order valence-corrected chi connectivity index (χ2v) is 3.25. The molecule has 0 saturated carbocycles. The van der Waals surface area contributed by atoms with Crippen molar-refractivity contribution in [3.63, 3.8) is 0 Å². The molecular weight excluding hydrogens is 162 g/mol. The number of rotatable bonds is 0. The van der Waals surface area contributed by atoms with Gasteiger partial charge in [-0.25, -0.2) is 0 Å². The molecule has 0 heterocycles. The van der Waals surface area contributed by atoms with E-state index in [1.54, 1.807) is 0 Å². The molecule has 2 heteroatoms. The summed E-state index contributed by atoms with van der Waals surface area (Å²) in [5.41, 5.74) is 8.93. The first-order valence-corrected chi connectivity index (χ1v) is 4.23. The summed E-state index contributed by atoms with van der Waals surface area (Å²) in [6.45, 7) is 7.19. The lowest BCUT2D eigenvalue weighted by Gasteiger charge is -1.98. The molecule has 2 nitrogen and oxygen atoms in total. The molecule has 0 fully saturated rings. The van der Waals surface area contributed by atoms with Gasteiger partial charge >= 0.3 is 0 Å². The molecule has 0 bridgehead atoms. The number of nitrogens with two attached hydrogens (primary N) is 1. The molecule has 13 heavy (non-hydrogen) atoms. The average Bonchev–Trinajstić information content (AvgIpc) is 1.96. The van der Waals surface area contributed by atoms with Crippen LogP contribution in [0.15, 0.2) is 18.2 Å². The predicted molar refractivity (Wildman–Crippen MR) is 56.7 cm³/mol. The lowest BCUT2D eigenvalue weighted by Crippen LogP contribution is -1.86. The molecule has 0 aliphatic rings. The van der Waals surface area contributed by atoms with Gasteiger partial charge < -0.3 is 10.5 Å². The lowest BCUT2D eigenvalue weighted by molar-refractivity contribution is -0.114. The van der Waals surface area contributed by atoms with Gasteiger partial charge in [-0.15, -0.1) is 0 Å². The average molecular weight is 179 g/mol. The van der Waals surface area contributed by atoms with Crippen molar-refractivity contribution in [2.24, 2.45) is 0 Å². The zero-order valence-electron chi connectivity index (χ0n) is 8.72. The number of nitrogen functional groups attached to an aromatic ring is 1. The van der Waals surface area contributed by atoms with E-state index >= 15 is 0 Å². The van der Waals surface area contributed by atoms with Crippen molar-refractivity contribution in [3.8, 4) is 0 Å². The van der Waals surface area contributed by atoms with Gasteiger partial charge in [-0.05, 0) is 51.0 Å². The van der Waals surface area contributed by atoms with E-state index in [2.05, 4.69) is 13.8 Å². The first-order valence-electron chi connectivity index (χ1n) is 4.23. The summed E-state index contributed by atoms with van der Waals surface area (Å²) in [6, 6.07) is 5.93. The largest absolute Gasteiger partial charge is 0.399 e. The Hall–Kier alpha value is -1.31. The Morgan fingerprint density at radius 3 is 1.92 bits per heavy atom. The third-order valence-corrected chi connectivity index (χ3v) is 1.53. The van der Waals surface area contributed by atoms with Crippen molar-refractivity contribution in [2.75, 3.05) is 5.73 Å². The fourth-order valence-corrected chi connectivity index (χ4v) is 0.765. The number of carbonyl (C=O) groups is 1. The summed E-state index contributed by atoms with van der Waals surface area (Å²) >= 11 is 0. The Labute approximate surface area is 79.8 Å². The minimum absolute atomic E-state index is 0.167. The molecule has 0 amide bonds. The minimum atomic E-state index is 0.167. The highest BCUT2D eigenvalue weighted by atomic mass is 16.1. The highest BCUT2D eigenvalue weighted by Gasteiger charge is 1.89. The normalized spacial score (nSPS) is 8.62. The van der Waals surface area contributed by atoms with Crippen LogP contribution < -0.4 is 5.73 Å². The van der Waals surface area contributed by atoms with Crippen LogP contribution in [-0.4, -0.2) is 5.78 Å². The molecule has 0 radical (unpaired) electrons. The van der Waals surface area contributed by atoms with Gasteiger partial charge in [-0.1, -0.05) is 6.07 Å². The van der Waals surface area contributed by atoms with Gasteiger partial charge in [0.25, 0.3) is 0 Å². The molecule has 1 aromatic rings. The maximum Gasteiger partial charge on any atom is 0.126 e. The number of hydrogen-bond donors (Lipinski definition) is 1. The molecular formula is C11H17NO. The van der Waals surface area contributed by atoms with Gasteiger partial charge in [-0.3, -0.25) is 0 Å². The van der Waals surface area contributed by atoms with E-state index in [0.29, 0.717) is 0 Å². The van der Waals surface area contributed by atoms with Gasteiger partial charge in [0.1, 0.15) is 5.78 Å². The minimum Gasteiger partial charge on any atom is -0.399 e. The molecule has 1 rings (SSSR count). The molecule has 0 spiro atoms. The predicted octanol–water partition coefficient (Wildman–Crippen LogP) is 2.48. The molecule has 0 saturated heterocycles. The number of aryl methyl sites for hydroxylation is 2. The van der Waals surface area contributed by atoms with Gasteiger partial charge in [0.05, 0.1) is 0 Å². The first-order chi connectivity index (χ1) is 5.93. The summed E-state index contributed by atoms with van der Waals surface area (Å²) < 4.78 is 0. The Morgan fingerprint density at radius 2 is 1.62 bits per heavy atom. The van der Waals surface area contributed by atoms with Crippen LogP contribution in [0.4, 0.5) is 5.69 Å². The highest BCUT2D eigenvalue weighted by molar-refractivity contribution is 5.72. The standard InChI is InChI=1S/C8H11N.C3H6O/c1-6-3-4-8(9)5-7(6)2;1-3(2)4/h3-5H,9H2,1-2H3;1-2H3.